The minimum Gasteiger partial charge on any atom is -0.339 e. The van der Waals surface area contributed by atoms with Crippen molar-refractivity contribution in [1.29, 1.82) is 0 Å². The van der Waals surface area contributed by atoms with Gasteiger partial charge in [-0.15, -0.1) is 11.3 Å². The van der Waals surface area contributed by atoms with Gasteiger partial charge >= 0.3 is 0 Å². The molecule has 7 nitrogen and oxygen atoms in total. The molecule has 4 aromatic rings. The minimum absolute atomic E-state index is 0.184. The number of amides is 1. The lowest BCUT2D eigenvalue weighted by Crippen LogP contribution is -2.17. The number of hydrogen-bond acceptors (Lipinski definition) is 5. The van der Waals surface area contributed by atoms with Crippen molar-refractivity contribution < 1.29 is 4.79 Å². The summed E-state index contributed by atoms with van der Waals surface area (Å²) in [7, 11) is 0. The smallest absolute Gasteiger partial charge is 0.274 e. The van der Waals surface area contributed by atoms with Crippen molar-refractivity contribution in [3.8, 4) is 0 Å². The average Bonchev–Trinajstić information content (AvgIpc) is 3.48. The Balaban J connectivity index is 1.43. The minimum atomic E-state index is -0.184. The van der Waals surface area contributed by atoms with Crippen LogP contribution in [0, 0.1) is 0 Å². The summed E-state index contributed by atoms with van der Waals surface area (Å²) in [4.78, 5) is 25.5. The molecule has 4 heterocycles. The number of nitrogens with zero attached hydrogens (tertiary/aromatic N) is 5. The van der Waals surface area contributed by atoms with E-state index >= 15 is 0 Å². The Bertz CT molecular complexity index is 1160. The second-order valence-corrected chi connectivity index (χ2v) is 7.92. The predicted molar refractivity (Wildman–Crippen MR) is 119 cm³/mol. The molecule has 8 heteroatoms. The lowest BCUT2D eigenvalue weighted by molar-refractivity contribution is 0.101. The fourth-order valence-corrected chi connectivity index (χ4v) is 3.74. The van der Waals surface area contributed by atoms with Crippen LogP contribution >= 0.6 is 11.3 Å². The molecule has 1 N–H and O–H groups in total. The molecule has 0 radical (unpaired) electrons. The molecule has 152 valence electrons. The summed E-state index contributed by atoms with van der Waals surface area (Å²) >= 11 is 1.40. The van der Waals surface area contributed by atoms with Crippen LogP contribution in [-0.4, -0.2) is 30.0 Å². The highest BCUT2D eigenvalue weighted by Gasteiger charge is 2.13. The largest absolute Gasteiger partial charge is 0.339 e. The van der Waals surface area contributed by atoms with Crippen molar-refractivity contribution in [3.63, 3.8) is 0 Å². The molecule has 30 heavy (non-hydrogen) atoms. The van der Waals surface area contributed by atoms with Crippen LogP contribution in [0.15, 0.2) is 60.8 Å². The molecule has 0 spiro atoms. The Morgan fingerprint density at radius 1 is 1.20 bits per heavy atom. The Morgan fingerprint density at radius 2 is 2.03 bits per heavy atom. The molecular formula is C22H22N6OS. The molecule has 0 unspecified atom stereocenters. The van der Waals surface area contributed by atoms with E-state index in [1.807, 2.05) is 59.0 Å². The monoisotopic (exact) mass is 418 g/mol. The first kappa shape index (κ1) is 19.8. The van der Waals surface area contributed by atoms with Crippen molar-refractivity contribution >= 4 is 34.5 Å². The summed E-state index contributed by atoms with van der Waals surface area (Å²) in [6, 6.07) is 7.88. The van der Waals surface area contributed by atoms with Crippen LogP contribution in [0.5, 0.6) is 0 Å². The number of pyridine rings is 1. The summed E-state index contributed by atoms with van der Waals surface area (Å²) < 4.78 is 3.99. The highest BCUT2D eigenvalue weighted by molar-refractivity contribution is 7.14. The quantitative estimate of drug-likeness (QED) is 0.476. The van der Waals surface area contributed by atoms with Crippen LogP contribution in [0.4, 0.5) is 5.13 Å². The van der Waals surface area contributed by atoms with Crippen LogP contribution in [0.3, 0.4) is 0 Å². The van der Waals surface area contributed by atoms with Gasteiger partial charge < -0.3 is 9.13 Å². The van der Waals surface area contributed by atoms with Gasteiger partial charge in [0.2, 0.25) is 0 Å². The molecule has 0 atom stereocenters. The molecule has 0 aliphatic carbocycles. The van der Waals surface area contributed by atoms with Gasteiger partial charge in [0.15, 0.2) is 5.13 Å². The van der Waals surface area contributed by atoms with Gasteiger partial charge in [0.1, 0.15) is 5.69 Å². The van der Waals surface area contributed by atoms with Crippen LogP contribution in [0.2, 0.25) is 0 Å². The van der Waals surface area contributed by atoms with E-state index in [0.717, 1.165) is 17.0 Å². The molecule has 0 aliphatic heterocycles. The van der Waals surface area contributed by atoms with E-state index in [2.05, 4.69) is 38.7 Å². The van der Waals surface area contributed by atoms with Crippen molar-refractivity contribution in [2.75, 3.05) is 5.32 Å². The predicted octanol–water partition coefficient (Wildman–Crippen LogP) is 4.59. The van der Waals surface area contributed by atoms with Gasteiger partial charge in [-0.3, -0.25) is 15.1 Å². The van der Waals surface area contributed by atoms with E-state index in [-0.39, 0.29) is 5.91 Å². The van der Waals surface area contributed by atoms with Crippen molar-refractivity contribution in [2.45, 2.75) is 26.4 Å². The van der Waals surface area contributed by atoms with Gasteiger partial charge in [-0.05, 0) is 55.8 Å². The molecule has 0 aliphatic rings. The fourth-order valence-electron chi connectivity index (χ4n) is 3.07. The Labute approximate surface area is 178 Å². The van der Waals surface area contributed by atoms with Crippen LogP contribution in [0.25, 0.3) is 12.2 Å². The maximum absolute atomic E-state index is 12.8. The lowest BCUT2D eigenvalue weighted by atomic mass is 10.2. The molecular weight excluding hydrogens is 396 g/mol. The number of imidazole rings is 1. The first-order valence-corrected chi connectivity index (χ1v) is 10.5. The van der Waals surface area contributed by atoms with E-state index in [4.69, 9.17) is 0 Å². The van der Waals surface area contributed by atoms with Crippen molar-refractivity contribution in [3.05, 3.63) is 83.4 Å². The van der Waals surface area contributed by atoms with Crippen LogP contribution in [-0.2, 0) is 6.54 Å². The van der Waals surface area contributed by atoms with E-state index in [9.17, 15) is 4.79 Å². The summed E-state index contributed by atoms with van der Waals surface area (Å²) in [5, 5.41) is 5.38. The maximum atomic E-state index is 12.8. The highest BCUT2D eigenvalue weighted by Crippen LogP contribution is 2.19. The zero-order valence-electron chi connectivity index (χ0n) is 16.8. The standard InChI is InChI=1S/C22H22N6OS/c1-16(2)28-15-24-12-19(28)6-5-18-14-30-22(25-18)26-21(29)20-4-3-11-27(20)13-17-7-9-23-10-8-17/h3-12,14-16H,13H2,1-2H3,(H,25,26,29). The Morgan fingerprint density at radius 3 is 2.83 bits per heavy atom. The third-order valence-electron chi connectivity index (χ3n) is 4.58. The fraction of sp³-hybridized carbons (Fsp3) is 0.182. The van der Waals surface area contributed by atoms with Crippen molar-refractivity contribution in [1.82, 2.24) is 24.1 Å². The van der Waals surface area contributed by atoms with Gasteiger partial charge in [0.05, 0.1) is 23.9 Å². The number of anilines is 1. The summed E-state index contributed by atoms with van der Waals surface area (Å²) in [6.45, 7) is 4.83. The molecule has 4 aromatic heterocycles. The number of rotatable bonds is 7. The molecule has 0 saturated heterocycles. The number of hydrogen-bond donors (Lipinski definition) is 1. The number of aromatic nitrogens is 5. The maximum Gasteiger partial charge on any atom is 0.274 e. The van der Waals surface area contributed by atoms with Gasteiger partial charge in [0.25, 0.3) is 5.91 Å². The number of thiazole rings is 1. The summed E-state index contributed by atoms with van der Waals surface area (Å²) in [5.41, 5.74) is 3.47. The zero-order valence-corrected chi connectivity index (χ0v) is 17.6. The lowest BCUT2D eigenvalue weighted by Gasteiger charge is -2.08. The van der Waals surface area contributed by atoms with E-state index < -0.39 is 0 Å². The average molecular weight is 419 g/mol. The molecule has 0 saturated carbocycles. The van der Waals surface area contributed by atoms with Crippen molar-refractivity contribution in [2.24, 2.45) is 0 Å². The van der Waals surface area contributed by atoms with E-state index in [0.29, 0.717) is 23.4 Å². The second-order valence-electron chi connectivity index (χ2n) is 7.06. The first-order chi connectivity index (χ1) is 14.6. The van der Waals surface area contributed by atoms with E-state index in [1.54, 1.807) is 18.5 Å². The first-order valence-electron chi connectivity index (χ1n) is 9.61. The Kier molecular flexibility index (Phi) is 5.85. The summed E-state index contributed by atoms with van der Waals surface area (Å²) in [5.74, 6) is -0.184. The molecule has 0 aromatic carbocycles. The van der Waals surface area contributed by atoms with Gasteiger partial charge in [-0.25, -0.2) is 9.97 Å². The van der Waals surface area contributed by atoms with E-state index in [1.165, 1.54) is 11.3 Å². The third kappa shape index (κ3) is 4.55. The van der Waals surface area contributed by atoms with Gasteiger partial charge in [-0.2, -0.15) is 0 Å². The SMILES string of the molecule is CC(C)n1cncc1C=Cc1csc(NC(=O)c2cccn2Cc2ccncc2)n1. The molecule has 0 bridgehead atoms. The molecule has 0 fully saturated rings. The second kappa shape index (κ2) is 8.87. The van der Waals surface area contributed by atoms with Gasteiger partial charge in [0, 0.05) is 36.6 Å². The summed E-state index contributed by atoms with van der Waals surface area (Å²) in [6.07, 6.45) is 12.9. The van der Waals surface area contributed by atoms with Gasteiger partial charge in [-0.1, -0.05) is 0 Å². The molecule has 1 amide bonds. The third-order valence-corrected chi connectivity index (χ3v) is 5.36. The van der Waals surface area contributed by atoms with Crippen LogP contribution < -0.4 is 5.32 Å². The normalized spacial score (nSPS) is 11.4. The highest BCUT2D eigenvalue weighted by atomic mass is 32.1. The zero-order chi connectivity index (χ0) is 20.9. The topological polar surface area (TPSA) is 77.6 Å². The number of carbonyl (C=O) groups excluding carboxylic acids is 1. The Hall–Kier alpha value is -3.52. The number of nitrogens with one attached hydrogen (secondary N) is 1. The number of carbonyl (C=O) groups is 1. The molecule has 4 rings (SSSR count). The van der Waals surface area contributed by atoms with Crippen LogP contribution in [0.1, 0.15) is 47.3 Å².